The topological polar surface area (TPSA) is 56.1 Å². The van der Waals surface area contributed by atoms with Crippen molar-refractivity contribution in [2.45, 2.75) is 13.0 Å². The molecule has 0 amide bonds. The summed E-state index contributed by atoms with van der Waals surface area (Å²) in [5.41, 5.74) is 5.12. The smallest absolute Gasteiger partial charge is 0.209 e. The van der Waals surface area contributed by atoms with E-state index >= 15 is 0 Å². The zero-order chi connectivity index (χ0) is 22.4. The number of halogens is 2. The number of ether oxygens (including phenoxy) is 1. The van der Waals surface area contributed by atoms with E-state index in [2.05, 4.69) is 62.6 Å². The Morgan fingerprint density at radius 2 is 1.69 bits per heavy atom. The summed E-state index contributed by atoms with van der Waals surface area (Å²) in [6.45, 7) is 2.00. The molecular weight excluding hydrogens is 628 g/mol. The van der Waals surface area contributed by atoms with Gasteiger partial charge in [-0.3, -0.25) is 9.36 Å². The molecule has 0 fully saturated rings. The van der Waals surface area contributed by atoms with Gasteiger partial charge in [-0.2, -0.15) is 0 Å². The standard InChI is InChI=1S/C25H19I2N3O2/c1-14-21(23(31)15-8-4-3-5-9-15)22(16-12-17(26)24(32-2)18(27)13-16)29-25-28-19-10-6-7-11-20(19)30(14)25/h3-13,22H,1-2H3,(H,28,29). The summed E-state index contributed by atoms with van der Waals surface area (Å²) in [6, 6.07) is 21.2. The molecule has 1 atom stereocenters. The van der Waals surface area contributed by atoms with Crippen LogP contribution >= 0.6 is 45.2 Å². The first-order valence-corrected chi connectivity index (χ1v) is 12.2. The highest BCUT2D eigenvalue weighted by atomic mass is 127. The number of anilines is 1. The number of benzene rings is 3. The van der Waals surface area contributed by atoms with Gasteiger partial charge in [-0.1, -0.05) is 42.5 Å². The fourth-order valence-corrected chi connectivity index (χ4v) is 6.48. The van der Waals surface area contributed by atoms with E-state index in [4.69, 9.17) is 9.72 Å². The highest BCUT2D eigenvalue weighted by Gasteiger charge is 2.33. The number of carbonyl (C=O) groups excluding carboxylic acids is 1. The number of methoxy groups -OCH3 is 1. The van der Waals surface area contributed by atoms with Crippen molar-refractivity contribution in [3.63, 3.8) is 0 Å². The summed E-state index contributed by atoms with van der Waals surface area (Å²) < 4.78 is 9.59. The molecule has 1 aromatic heterocycles. The van der Waals surface area contributed by atoms with Crippen molar-refractivity contribution in [2.24, 2.45) is 0 Å². The van der Waals surface area contributed by atoms with Gasteiger partial charge in [0.25, 0.3) is 0 Å². The van der Waals surface area contributed by atoms with Gasteiger partial charge >= 0.3 is 0 Å². The minimum Gasteiger partial charge on any atom is -0.495 e. The molecule has 0 aliphatic carbocycles. The van der Waals surface area contributed by atoms with E-state index in [0.717, 1.165) is 41.1 Å². The van der Waals surface area contributed by atoms with Crippen LogP contribution in [-0.2, 0) is 0 Å². The van der Waals surface area contributed by atoms with E-state index in [9.17, 15) is 4.79 Å². The van der Waals surface area contributed by atoms with Crippen molar-refractivity contribution in [3.05, 3.63) is 90.6 Å². The molecule has 7 heteroatoms. The molecule has 32 heavy (non-hydrogen) atoms. The molecule has 1 unspecified atom stereocenters. The van der Waals surface area contributed by atoms with E-state index in [0.29, 0.717) is 11.1 Å². The summed E-state index contributed by atoms with van der Waals surface area (Å²) in [7, 11) is 1.68. The van der Waals surface area contributed by atoms with E-state index in [-0.39, 0.29) is 11.8 Å². The second kappa shape index (κ2) is 8.51. The number of hydrogen-bond acceptors (Lipinski definition) is 4. The molecule has 5 nitrogen and oxygen atoms in total. The van der Waals surface area contributed by atoms with Crippen LogP contribution in [0.3, 0.4) is 0 Å². The van der Waals surface area contributed by atoms with Crippen LogP contribution in [0.4, 0.5) is 5.95 Å². The number of Topliss-reactive ketones (excluding diaryl/α,β-unsaturated/α-hetero) is 1. The predicted molar refractivity (Wildman–Crippen MR) is 144 cm³/mol. The maximum absolute atomic E-state index is 13.8. The van der Waals surface area contributed by atoms with Crippen LogP contribution in [-0.4, -0.2) is 22.4 Å². The fourth-order valence-electron chi connectivity index (χ4n) is 4.22. The minimum atomic E-state index is -0.333. The average Bonchev–Trinajstić information content (AvgIpc) is 3.17. The number of ketones is 1. The number of hydrogen-bond donors (Lipinski definition) is 1. The van der Waals surface area contributed by atoms with Gasteiger partial charge in [-0.05, 0) is 81.9 Å². The third-order valence-corrected chi connectivity index (χ3v) is 7.29. The number of fused-ring (bicyclic) bond motifs is 3. The summed E-state index contributed by atoms with van der Waals surface area (Å²) in [5, 5.41) is 3.55. The Bertz CT molecular complexity index is 1370. The molecule has 0 saturated carbocycles. The number of nitrogens with one attached hydrogen (secondary N) is 1. The van der Waals surface area contributed by atoms with E-state index in [1.165, 1.54) is 0 Å². The molecule has 160 valence electrons. The van der Waals surface area contributed by atoms with Gasteiger partial charge in [-0.25, -0.2) is 4.98 Å². The third kappa shape index (κ3) is 3.51. The molecule has 1 aliphatic heterocycles. The van der Waals surface area contributed by atoms with Crippen LogP contribution in [0.25, 0.3) is 16.7 Å². The SMILES string of the molecule is COc1c(I)cc(C2Nc3nc4ccccc4n3C(C)=C2C(=O)c2ccccc2)cc1I. The summed E-state index contributed by atoms with van der Waals surface area (Å²) >= 11 is 4.56. The highest BCUT2D eigenvalue weighted by Crippen LogP contribution is 2.41. The lowest BCUT2D eigenvalue weighted by molar-refractivity contribution is 0.102. The molecule has 0 spiro atoms. The van der Waals surface area contributed by atoms with Crippen molar-refractivity contribution in [2.75, 3.05) is 12.4 Å². The van der Waals surface area contributed by atoms with Crippen LogP contribution in [0.1, 0.15) is 28.9 Å². The maximum Gasteiger partial charge on any atom is 0.209 e. The van der Waals surface area contributed by atoms with Crippen molar-refractivity contribution in [1.82, 2.24) is 9.55 Å². The van der Waals surface area contributed by atoms with Gasteiger partial charge in [0.2, 0.25) is 5.95 Å². The fraction of sp³-hybridized carbons (Fsp3) is 0.120. The first-order chi connectivity index (χ1) is 15.5. The lowest BCUT2D eigenvalue weighted by atomic mass is 9.89. The van der Waals surface area contributed by atoms with Crippen molar-refractivity contribution in [3.8, 4) is 5.75 Å². The molecule has 0 saturated heterocycles. The lowest BCUT2D eigenvalue weighted by Gasteiger charge is -2.30. The second-order valence-corrected chi connectivity index (χ2v) is 9.87. The van der Waals surface area contributed by atoms with Crippen LogP contribution < -0.4 is 10.1 Å². The van der Waals surface area contributed by atoms with E-state index in [1.807, 2.05) is 66.1 Å². The quantitative estimate of drug-likeness (QED) is 0.202. The van der Waals surface area contributed by atoms with E-state index < -0.39 is 0 Å². The largest absolute Gasteiger partial charge is 0.495 e. The Hall–Kier alpha value is -2.40. The lowest BCUT2D eigenvalue weighted by Crippen LogP contribution is -2.27. The minimum absolute atomic E-state index is 0.00451. The zero-order valence-electron chi connectivity index (χ0n) is 17.4. The molecule has 1 aliphatic rings. The van der Waals surface area contributed by atoms with Crippen LogP contribution in [0.2, 0.25) is 0 Å². The van der Waals surface area contributed by atoms with Crippen LogP contribution in [0.5, 0.6) is 5.75 Å². The zero-order valence-corrected chi connectivity index (χ0v) is 21.7. The first-order valence-electron chi connectivity index (χ1n) is 10.1. The Morgan fingerprint density at radius 3 is 2.38 bits per heavy atom. The van der Waals surface area contributed by atoms with E-state index in [1.54, 1.807) is 7.11 Å². The Labute approximate surface area is 213 Å². The number of nitrogens with zero attached hydrogens (tertiary/aromatic N) is 2. The molecule has 4 aromatic rings. The Kier molecular flexibility index (Phi) is 5.70. The highest BCUT2D eigenvalue weighted by molar-refractivity contribution is 14.1. The number of para-hydroxylation sites is 2. The average molecular weight is 647 g/mol. The first kappa shape index (κ1) is 21.4. The number of imidazole rings is 1. The molecule has 5 rings (SSSR count). The summed E-state index contributed by atoms with van der Waals surface area (Å²) in [4.78, 5) is 18.6. The number of aromatic nitrogens is 2. The van der Waals surface area contributed by atoms with Crippen molar-refractivity contribution < 1.29 is 9.53 Å². The summed E-state index contributed by atoms with van der Waals surface area (Å²) in [5.74, 6) is 1.58. The van der Waals surface area contributed by atoms with Gasteiger partial charge in [0, 0.05) is 16.8 Å². The normalized spacial score (nSPS) is 15.4. The molecular formula is C25H19I2N3O2. The number of carbonyl (C=O) groups is 1. The summed E-state index contributed by atoms with van der Waals surface area (Å²) in [6.07, 6.45) is 0. The third-order valence-electron chi connectivity index (χ3n) is 5.69. The van der Waals surface area contributed by atoms with Gasteiger partial charge in [0.1, 0.15) is 5.75 Å². The maximum atomic E-state index is 13.8. The Balaban J connectivity index is 1.75. The van der Waals surface area contributed by atoms with Crippen LogP contribution in [0.15, 0.2) is 72.3 Å². The number of allylic oxidation sites excluding steroid dienone is 1. The number of rotatable bonds is 4. The molecule has 2 heterocycles. The molecule has 3 aromatic carbocycles. The second-order valence-electron chi connectivity index (χ2n) is 7.55. The molecule has 1 N–H and O–H groups in total. The monoisotopic (exact) mass is 647 g/mol. The van der Waals surface area contributed by atoms with Gasteiger partial charge in [0.05, 0.1) is 31.3 Å². The van der Waals surface area contributed by atoms with Crippen LogP contribution in [0, 0.1) is 7.14 Å². The van der Waals surface area contributed by atoms with Crippen molar-refractivity contribution >= 4 is 73.6 Å². The van der Waals surface area contributed by atoms with Gasteiger partial charge < -0.3 is 10.1 Å². The molecule has 0 bridgehead atoms. The van der Waals surface area contributed by atoms with Gasteiger partial charge in [0.15, 0.2) is 5.78 Å². The van der Waals surface area contributed by atoms with Crippen molar-refractivity contribution in [1.29, 1.82) is 0 Å². The Morgan fingerprint density at radius 1 is 1.03 bits per heavy atom. The van der Waals surface area contributed by atoms with Gasteiger partial charge in [-0.15, -0.1) is 0 Å². The predicted octanol–water partition coefficient (Wildman–Crippen LogP) is 6.53. The molecule has 0 radical (unpaired) electrons.